The molecule has 0 aliphatic rings. The predicted octanol–water partition coefficient (Wildman–Crippen LogP) is 2.67. The first-order chi connectivity index (χ1) is 15.0. The monoisotopic (exact) mass is 439 g/mol. The van der Waals surface area contributed by atoms with Gasteiger partial charge >= 0.3 is 6.09 Å². The molecule has 0 fully saturated rings. The molecule has 1 unspecified atom stereocenters. The second-order valence-electron chi connectivity index (χ2n) is 6.99. The Morgan fingerprint density at radius 2 is 1.74 bits per heavy atom. The topological polar surface area (TPSA) is 101 Å². The number of nitrogens with one attached hydrogen (secondary N) is 3. The molecule has 0 saturated heterocycles. The van der Waals surface area contributed by atoms with Crippen molar-refractivity contribution < 1.29 is 14.3 Å². The minimum atomic E-state index is -0.770. The maximum atomic E-state index is 12.8. The van der Waals surface area contributed by atoms with Gasteiger partial charge < -0.3 is 19.9 Å². The van der Waals surface area contributed by atoms with Crippen molar-refractivity contribution in [1.29, 1.82) is 0 Å². The van der Waals surface area contributed by atoms with Crippen LogP contribution in [0.1, 0.15) is 17.0 Å². The van der Waals surface area contributed by atoms with Gasteiger partial charge in [-0.2, -0.15) is 5.10 Å². The molecule has 31 heavy (non-hydrogen) atoms. The van der Waals surface area contributed by atoms with E-state index >= 15 is 0 Å². The molecule has 1 heterocycles. The van der Waals surface area contributed by atoms with Gasteiger partial charge in [-0.15, -0.1) is 0 Å². The van der Waals surface area contributed by atoms with Crippen LogP contribution >= 0.6 is 12.2 Å². The van der Waals surface area contributed by atoms with Gasteiger partial charge in [0.05, 0.1) is 0 Å². The molecule has 3 rings (SSSR count). The number of H-pyrrole nitrogens is 1. The Hall–Kier alpha value is -3.46. The summed E-state index contributed by atoms with van der Waals surface area (Å²) >= 11 is 5.09. The molecule has 1 aromatic heterocycles. The molecule has 8 nitrogen and oxygen atoms in total. The maximum Gasteiger partial charge on any atom is 0.408 e. The third-order valence-electron chi connectivity index (χ3n) is 4.72. The number of aromatic nitrogens is 3. The van der Waals surface area contributed by atoms with Gasteiger partial charge in [-0.3, -0.25) is 9.89 Å². The minimum absolute atomic E-state index is 0.130. The Bertz CT molecular complexity index is 1050. The van der Waals surface area contributed by atoms with Crippen LogP contribution < -0.4 is 10.6 Å². The molecule has 0 aliphatic heterocycles. The molecular weight excluding hydrogens is 414 g/mol. The Morgan fingerprint density at radius 1 is 1.10 bits per heavy atom. The third-order valence-corrected chi connectivity index (χ3v) is 5.09. The summed E-state index contributed by atoms with van der Waals surface area (Å²) in [5.74, 6) is 0.442. The molecular formula is C22H25N5O3S. The third kappa shape index (κ3) is 6.78. The van der Waals surface area contributed by atoms with Gasteiger partial charge in [0.25, 0.3) is 0 Å². The fourth-order valence-electron chi connectivity index (χ4n) is 2.99. The van der Waals surface area contributed by atoms with Gasteiger partial charge in [0, 0.05) is 26.4 Å². The number of ether oxygens (including phenoxy) is 1. The molecule has 0 bridgehead atoms. The van der Waals surface area contributed by atoms with E-state index in [-0.39, 0.29) is 12.5 Å². The van der Waals surface area contributed by atoms with Crippen molar-refractivity contribution in [2.24, 2.45) is 7.05 Å². The summed E-state index contributed by atoms with van der Waals surface area (Å²) in [6, 6.07) is 18.1. The van der Waals surface area contributed by atoms with Gasteiger partial charge in [-0.25, -0.2) is 4.79 Å². The molecule has 0 saturated carbocycles. The molecule has 2 aromatic carbocycles. The number of alkyl carbamates (subject to hydrolysis) is 1. The van der Waals surface area contributed by atoms with Crippen molar-refractivity contribution in [3.63, 3.8) is 0 Å². The molecule has 0 spiro atoms. The van der Waals surface area contributed by atoms with Crippen LogP contribution in [0, 0.1) is 4.77 Å². The highest BCUT2D eigenvalue weighted by Gasteiger charge is 2.22. The number of aromatic amines is 1. The summed E-state index contributed by atoms with van der Waals surface area (Å²) in [6.45, 7) is 0.490. The Kier molecular flexibility index (Phi) is 7.94. The molecule has 0 aliphatic carbocycles. The number of nitrogens with zero attached hydrogens (tertiary/aromatic N) is 2. The van der Waals surface area contributed by atoms with Crippen molar-refractivity contribution in [3.05, 3.63) is 82.4 Å². The van der Waals surface area contributed by atoms with E-state index in [1.54, 1.807) is 4.57 Å². The van der Waals surface area contributed by atoms with Crippen molar-refractivity contribution in [3.8, 4) is 0 Å². The number of rotatable bonds is 9. The van der Waals surface area contributed by atoms with Crippen LogP contribution in [0.15, 0.2) is 60.7 Å². The van der Waals surface area contributed by atoms with Crippen LogP contribution in [0.25, 0.3) is 0 Å². The maximum absolute atomic E-state index is 12.8. The number of hydrogen-bond acceptors (Lipinski definition) is 5. The van der Waals surface area contributed by atoms with Crippen molar-refractivity contribution in [2.45, 2.75) is 25.5 Å². The fourth-order valence-corrected chi connectivity index (χ4v) is 3.14. The summed E-state index contributed by atoms with van der Waals surface area (Å²) in [5, 5.41) is 12.4. The molecule has 1 atom stereocenters. The van der Waals surface area contributed by atoms with Crippen LogP contribution in [-0.2, 0) is 36.0 Å². The lowest BCUT2D eigenvalue weighted by atomic mass is 10.1. The lowest BCUT2D eigenvalue weighted by Gasteiger charge is -2.18. The van der Waals surface area contributed by atoms with Gasteiger partial charge in [0.15, 0.2) is 4.77 Å². The number of carbonyl (C=O) groups excluding carboxylic acids is 2. The zero-order chi connectivity index (χ0) is 22.1. The van der Waals surface area contributed by atoms with Crippen molar-refractivity contribution in [1.82, 2.24) is 25.4 Å². The summed E-state index contributed by atoms with van der Waals surface area (Å²) in [6.07, 6.45) is 0.209. The predicted molar refractivity (Wildman–Crippen MR) is 119 cm³/mol. The highest BCUT2D eigenvalue weighted by atomic mass is 32.1. The van der Waals surface area contributed by atoms with E-state index in [2.05, 4.69) is 20.8 Å². The standard InChI is InChI=1S/C22H25N5O3S/c1-27-19(25-26-21(27)31)12-13-23-20(28)18(14-16-8-4-2-5-9-16)24-22(29)30-15-17-10-6-3-7-11-17/h2-11,18H,12-15H2,1H3,(H,23,28)(H,24,29)(H,26,31). The first-order valence-electron chi connectivity index (χ1n) is 9.92. The van der Waals surface area contributed by atoms with Crippen LogP contribution in [-0.4, -0.2) is 39.4 Å². The molecule has 3 N–H and O–H groups in total. The fraction of sp³-hybridized carbons (Fsp3) is 0.273. The van der Waals surface area contributed by atoms with Gasteiger partial charge in [0.2, 0.25) is 5.91 Å². The molecule has 162 valence electrons. The zero-order valence-corrected chi connectivity index (χ0v) is 18.0. The number of carbonyl (C=O) groups is 2. The van der Waals surface area contributed by atoms with Gasteiger partial charge in [-0.05, 0) is 23.3 Å². The normalized spacial score (nSPS) is 11.5. The van der Waals surface area contributed by atoms with Crippen LogP contribution in [0.5, 0.6) is 0 Å². The van der Waals surface area contributed by atoms with Crippen LogP contribution in [0.3, 0.4) is 0 Å². The number of amides is 2. The quantitative estimate of drug-likeness (QED) is 0.445. The molecule has 9 heteroatoms. The van der Waals surface area contributed by atoms with Crippen molar-refractivity contribution >= 4 is 24.2 Å². The summed E-state index contributed by atoms with van der Waals surface area (Å²) in [7, 11) is 1.81. The Labute approximate surface area is 185 Å². The van der Waals surface area contributed by atoms with E-state index < -0.39 is 12.1 Å². The zero-order valence-electron chi connectivity index (χ0n) is 17.2. The van der Waals surface area contributed by atoms with Crippen LogP contribution in [0.4, 0.5) is 4.79 Å². The second-order valence-corrected chi connectivity index (χ2v) is 7.38. The minimum Gasteiger partial charge on any atom is -0.445 e. The summed E-state index contributed by atoms with van der Waals surface area (Å²) in [5.41, 5.74) is 1.80. The average Bonchev–Trinajstić information content (AvgIpc) is 3.11. The first-order valence-corrected chi connectivity index (χ1v) is 10.3. The second kappa shape index (κ2) is 11.1. The highest BCUT2D eigenvalue weighted by Crippen LogP contribution is 2.06. The molecule has 2 amide bonds. The Balaban J connectivity index is 1.58. The Morgan fingerprint density at radius 3 is 2.35 bits per heavy atom. The van der Waals surface area contributed by atoms with Gasteiger partial charge in [0.1, 0.15) is 18.5 Å². The molecule has 3 aromatic rings. The van der Waals surface area contributed by atoms with E-state index in [9.17, 15) is 9.59 Å². The SMILES string of the molecule is Cn1c(CCNC(=O)C(Cc2ccccc2)NC(=O)OCc2ccccc2)n[nH]c1=S. The average molecular weight is 440 g/mol. The van der Waals surface area contributed by atoms with E-state index in [0.717, 1.165) is 17.0 Å². The smallest absolute Gasteiger partial charge is 0.408 e. The van der Waals surface area contributed by atoms with Gasteiger partial charge in [-0.1, -0.05) is 60.7 Å². The molecule has 0 radical (unpaired) electrons. The highest BCUT2D eigenvalue weighted by molar-refractivity contribution is 7.71. The van der Waals surface area contributed by atoms with E-state index in [1.165, 1.54) is 0 Å². The van der Waals surface area contributed by atoms with E-state index in [0.29, 0.717) is 24.2 Å². The largest absolute Gasteiger partial charge is 0.445 e. The lowest BCUT2D eigenvalue weighted by Crippen LogP contribution is -2.48. The first kappa shape index (κ1) is 22.2. The van der Waals surface area contributed by atoms with Crippen LogP contribution in [0.2, 0.25) is 0 Å². The summed E-state index contributed by atoms with van der Waals surface area (Å²) in [4.78, 5) is 25.1. The van der Waals surface area contributed by atoms with E-state index in [1.807, 2.05) is 67.7 Å². The number of hydrogen-bond donors (Lipinski definition) is 3. The van der Waals surface area contributed by atoms with E-state index in [4.69, 9.17) is 17.0 Å². The lowest BCUT2D eigenvalue weighted by molar-refractivity contribution is -0.123. The van der Waals surface area contributed by atoms with Crippen molar-refractivity contribution in [2.75, 3.05) is 6.54 Å². The summed E-state index contributed by atoms with van der Waals surface area (Å²) < 4.78 is 7.55. The number of benzene rings is 2.